The molecule has 58 valence electrons. The van der Waals surface area contributed by atoms with Crippen LogP contribution in [0.5, 0.6) is 0 Å². The van der Waals surface area contributed by atoms with Crippen molar-refractivity contribution in [1.82, 2.24) is 6.15 Å². The van der Waals surface area contributed by atoms with Crippen LogP contribution < -0.4 is 6.15 Å². The van der Waals surface area contributed by atoms with Crippen molar-refractivity contribution in [2.24, 2.45) is 0 Å². The molecule has 0 amide bonds. The monoisotopic (exact) mass is 135 g/mol. The van der Waals surface area contributed by atoms with E-state index in [0.29, 0.717) is 6.10 Å². The summed E-state index contributed by atoms with van der Waals surface area (Å²) < 4.78 is 9.81. The van der Waals surface area contributed by atoms with Crippen LogP contribution in [0.3, 0.4) is 0 Å². The summed E-state index contributed by atoms with van der Waals surface area (Å²) in [6.07, 6.45) is 1.31. The first kappa shape index (κ1) is 11.6. The summed E-state index contributed by atoms with van der Waals surface area (Å²) >= 11 is 0. The third kappa shape index (κ3) is 7.88. The third-order valence-corrected chi connectivity index (χ3v) is 1.13. The smallest absolute Gasteiger partial charge is 0.0565 e. The summed E-state index contributed by atoms with van der Waals surface area (Å²) in [5.41, 5.74) is 0. The quantitative estimate of drug-likeness (QED) is 0.630. The van der Waals surface area contributed by atoms with Gasteiger partial charge in [-0.15, -0.1) is 0 Å². The van der Waals surface area contributed by atoms with Gasteiger partial charge in [0.25, 0.3) is 0 Å². The molecule has 3 N–H and O–H groups in total. The summed E-state index contributed by atoms with van der Waals surface area (Å²) in [6.45, 7) is 2.81. The molecule has 0 aromatic rings. The van der Waals surface area contributed by atoms with Gasteiger partial charge in [-0.2, -0.15) is 0 Å². The molecule has 0 aliphatic rings. The molecule has 0 saturated heterocycles. The fourth-order valence-corrected chi connectivity index (χ4v) is 0.402. The lowest BCUT2D eigenvalue weighted by Gasteiger charge is -2.06. The van der Waals surface area contributed by atoms with E-state index in [2.05, 4.69) is 0 Å². The second-order valence-corrected chi connectivity index (χ2v) is 1.83. The van der Waals surface area contributed by atoms with Crippen molar-refractivity contribution in [3.63, 3.8) is 0 Å². The van der Waals surface area contributed by atoms with E-state index in [1.807, 2.05) is 6.92 Å². The molecular formula is C6H17NO2. The Kier molecular flexibility index (Phi) is 10.2. The van der Waals surface area contributed by atoms with Gasteiger partial charge in [-0.1, -0.05) is 0 Å². The molecule has 0 spiro atoms. The highest BCUT2D eigenvalue weighted by molar-refractivity contribution is 4.45. The van der Waals surface area contributed by atoms with Gasteiger partial charge < -0.3 is 15.6 Å². The fraction of sp³-hybridized carbons (Fsp3) is 1.00. The van der Waals surface area contributed by atoms with E-state index in [0.717, 1.165) is 13.0 Å². The van der Waals surface area contributed by atoms with Crippen molar-refractivity contribution in [1.29, 1.82) is 0 Å². The lowest BCUT2D eigenvalue weighted by atomic mass is 10.3. The van der Waals surface area contributed by atoms with E-state index in [1.54, 1.807) is 14.2 Å². The normalized spacial score (nSPS) is 12.3. The van der Waals surface area contributed by atoms with Gasteiger partial charge in [0.05, 0.1) is 6.10 Å². The van der Waals surface area contributed by atoms with E-state index in [4.69, 9.17) is 9.47 Å². The topological polar surface area (TPSA) is 53.5 Å². The van der Waals surface area contributed by atoms with Crippen molar-refractivity contribution in [3.8, 4) is 0 Å². The maximum Gasteiger partial charge on any atom is 0.0565 e. The predicted octanol–water partition coefficient (Wildman–Crippen LogP) is 1.22. The summed E-state index contributed by atoms with van der Waals surface area (Å²) in [7, 11) is 3.41. The molecule has 0 heterocycles. The van der Waals surface area contributed by atoms with E-state index in [9.17, 15) is 0 Å². The Balaban J connectivity index is 0. The first-order valence-corrected chi connectivity index (χ1v) is 2.83. The Morgan fingerprint density at radius 1 is 1.33 bits per heavy atom. The van der Waals surface area contributed by atoms with Crippen molar-refractivity contribution < 1.29 is 9.47 Å². The summed E-state index contributed by atoms with van der Waals surface area (Å²) in [4.78, 5) is 0. The Morgan fingerprint density at radius 3 is 2.22 bits per heavy atom. The first-order valence-electron chi connectivity index (χ1n) is 2.83. The first-order chi connectivity index (χ1) is 3.81. The maximum atomic E-state index is 4.97. The Morgan fingerprint density at radius 2 is 1.89 bits per heavy atom. The van der Waals surface area contributed by atoms with Crippen LogP contribution in [-0.2, 0) is 9.47 Å². The van der Waals surface area contributed by atoms with Gasteiger partial charge in [-0.25, -0.2) is 0 Å². The standard InChI is InChI=1S/C6H14O2.H3N/c1-6(8-3)4-5-7-2;/h6H,4-5H2,1-3H3;1H3. The SMILES string of the molecule is COCCC(C)OC.N. The molecule has 0 rings (SSSR count). The average molecular weight is 135 g/mol. The minimum Gasteiger partial charge on any atom is -0.385 e. The minimum absolute atomic E-state index is 0. The third-order valence-electron chi connectivity index (χ3n) is 1.13. The van der Waals surface area contributed by atoms with Gasteiger partial charge in [0.1, 0.15) is 0 Å². The van der Waals surface area contributed by atoms with Crippen LogP contribution in [0.2, 0.25) is 0 Å². The molecule has 0 aromatic carbocycles. The minimum atomic E-state index is 0. The fourth-order valence-electron chi connectivity index (χ4n) is 0.402. The van der Waals surface area contributed by atoms with Gasteiger partial charge >= 0.3 is 0 Å². The zero-order valence-electron chi connectivity index (χ0n) is 6.52. The molecule has 0 aliphatic heterocycles. The number of methoxy groups -OCH3 is 2. The summed E-state index contributed by atoms with van der Waals surface area (Å²) in [5.74, 6) is 0. The zero-order valence-corrected chi connectivity index (χ0v) is 6.52. The molecule has 0 saturated carbocycles. The lowest BCUT2D eigenvalue weighted by Crippen LogP contribution is -2.07. The van der Waals surface area contributed by atoms with Crippen molar-refractivity contribution >= 4 is 0 Å². The Labute approximate surface area is 56.9 Å². The molecule has 0 aliphatic carbocycles. The van der Waals surface area contributed by atoms with E-state index >= 15 is 0 Å². The zero-order chi connectivity index (χ0) is 6.41. The highest BCUT2D eigenvalue weighted by atomic mass is 16.5. The Bertz CT molecular complexity index is 50.3. The molecule has 9 heavy (non-hydrogen) atoms. The molecule has 1 unspecified atom stereocenters. The molecule has 0 bridgehead atoms. The average Bonchev–Trinajstić information content (AvgIpc) is 1.83. The van der Waals surface area contributed by atoms with E-state index in [-0.39, 0.29) is 6.15 Å². The second-order valence-electron chi connectivity index (χ2n) is 1.83. The van der Waals surface area contributed by atoms with E-state index < -0.39 is 0 Å². The summed E-state index contributed by atoms with van der Waals surface area (Å²) in [6, 6.07) is 0. The Hall–Kier alpha value is -0.120. The highest BCUT2D eigenvalue weighted by Gasteiger charge is 1.95. The molecular weight excluding hydrogens is 118 g/mol. The number of hydrogen-bond donors (Lipinski definition) is 1. The molecule has 3 nitrogen and oxygen atoms in total. The number of ether oxygens (including phenoxy) is 2. The van der Waals surface area contributed by atoms with Crippen LogP contribution >= 0.6 is 0 Å². The molecule has 3 heteroatoms. The van der Waals surface area contributed by atoms with Gasteiger partial charge in [0, 0.05) is 20.8 Å². The number of hydrogen-bond acceptors (Lipinski definition) is 3. The van der Waals surface area contributed by atoms with Gasteiger partial charge in [-0.3, -0.25) is 0 Å². The largest absolute Gasteiger partial charge is 0.385 e. The predicted molar refractivity (Wildman–Crippen MR) is 38.0 cm³/mol. The van der Waals surface area contributed by atoms with Crippen LogP contribution in [0.25, 0.3) is 0 Å². The van der Waals surface area contributed by atoms with Gasteiger partial charge in [0.15, 0.2) is 0 Å². The molecule has 0 fully saturated rings. The van der Waals surface area contributed by atoms with Crippen molar-refractivity contribution in [2.45, 2.75) is 19.4 Å². The summed E-state index contributed by atoms with van der Waals surface area (Å²) in [5, 5.41) is 0. The van der Waals surface area contributed by atoms with Crippen molar-refractivity contribution in [2.75, 3.05) is 20.8 Å². The van der Waals surface area contributed by atoms with Gasteiger partial charge in [0.2, 0.25) is 0 Å². The molecule has 0 aromatic heterocycles. The lowest BCUT2D eigenvalue weighted by molar-refractivity contribution is 0.0789. The van der Waals surface area contributed by atoms with E-state index in [1.165, 1.54) is 0 Å². The number of rotatable bonds is 4. The van der Waals surface area contributed by atoms with Crippen molar-refractivity contribution in [3.05, 3.63) is 0 Å². The van der Waals surface area contributed by atoms with Crippen LogP contribution in [0.15, 0.2) is 0 Å². The second kappa shape index (κ2) is 7.88. The highest BCUT2D eigenvalue weighted by Crippen LogP contribution is 1.93. The van der Waals surface area contributed by atoms with Crippen LogP contribution in [0.4, 0.5) is 0 Å². The van der Waals surface area contributed by atoms with Gasteiger partial charge in [-0.05, 0) is 13.3 Å². The molecule has 1 atom stereocenters. The van der Waals surface area contributed by atoms with Crippen LogP contribution in [0, 0.1) is 0 Å². The van der Waals surface area contributed by atoms with Crippen LogP contribution in [0.1, 0.15) is 13.3 Å². The molecule has 0 radical (unpaired) electrons. The van der Waals surface area contributed by atoms with Crippen LogP contribution in [-0.4, -0.2) is 26.9 Å². The maximum absolute atomic E-state index is 4.97.